The monoisotopic (exact) mass is 475 g/mol. The maximum Gasteiger partial charge on any atom is 0.340 e. The van der Waals surface area contributed by atoms with Crippen LogP contribution in [-0.4, -0.2) is 71.2 Å². The number of carbonyl (C=O) groups excluding carboxylic acids is 2. The molecule has 0 spiro atoms. The van der Waals surface area contributed by atoms with Gasteiger partial charge in [0.25, 0.3) is 11.8 Å². The Hall–Kier alpha value is -4.48. The van der Waals surface area contributed by atoms with Crippen LogP contribution in [0.25, 0.3) is 0 Å². The molecule has 0 atom stereocenters. The molecule has 0 unspecified atom stereocenters. The normalized spacial score (nSPS) is 10.4. The molecule has 34 heavy (non-hydrogen) atoms. The molecule has 0 aliphatic carbocycles. The molecule has 0 aromatic heterocycles. The molecule has 0 saturated heterocycles. The van der Waals surface area contributed by atoms with Crippen molar-refractivity contribution in [1.82, 2.24) is 10.7 Å². The van der Waals surface area contributed by atoms with E-state index < -0.39 is 24.3 Å². The van der Waals surface area contributed by atoms with Gasteiger partial charge in [-0.3, -0.25) is 9.59 Å². The Morgan fingerprint density at radius 3 is 1.97 bits per heavy atom. The maximum atomic E-state index is 12.5. The van der Waals surface area contributed by atoms with Gasteiger partial charge in [0.15, 0.2) is 23.0 Å². The van der Waals surface area contributed by atoms with Crippen LogP contribution < -0.4 is 34.4 Å². The Balaban J connectivity index is 2.07. The second-order valence-electron chi connectivity index (χ2n) is 6.46. The number of benzene rings is 2. The molecule has 2 aromatic carbocycles. The molecule has 0 bridgehead atoms. The summed E-state index contributed by atoms with van der Waals surface area (Å²) in [7, 11) is 6.96. The van der Waals surface area contributed by atoms with Gasteiger partial charge in [-0.05, 0) is 24.3 Å². The van der Waals surface area contributed by atoms with Crippen molar-refractivity contribution in [2.75, 3.05) is 42.1 Å². The third kappa shape index (κ3) is 5.85. The number of carboxylic acid groups (broad SMARTS) is 1. The largest absolute Gasteiger partial charge is 0.493 e. The van der Waals surface area contributed by atoms with Gasteiger partial charge in [-0.25, -0.2) is 10.2 Å². The smallest absolute Gasteiger partial charge is 0.340 e. The molecule has 0 fully saturated rings. The quantitative estimate of drug-likeness (QED) is 0.322. The number of hydrogen-bond donors (Lipinski definition) is 3. The number of amides is 2. The van der Waals surface area contributed by atoms with Gasteiger partial charge in [-0.15, -0.1) is 0 Å². The van der Waals surface area contributed by atoms with Crippen LogP contribution in [0.3, 0.4) is 0 Å². The Kier molecular flexibility index (Phi) is 9.06. The molecule has 12 heteroatoms. The van der Waals surface area contributed by atoms with Crippen LogP contribution in [-0.2, 0) is 4.79 Å². The number of ether oxygens (including phenoxy) is 5. The van der Waals surface area contributed by atoms with Gasteiger partial charge >= 0.3 is 5.97 Å². The topological polar surface area (TPSA) is 154 Å². The van der Waals surface area contributed by atoms with Gasteiger partial charge in [0.2, 0.25) is 5.75 Å². The lowest BCUT2D eigenvalue weighted by Gasteiger charge is -2.14. The average molecular weight is 475 g/mol. The summed E-state index contributed by atoms with van der Waals surface area (Å²) in [5.41, 5.74) is 2.39. The highest BCUT2D eigenvalue weighted by atomic mass is 16.5. The number of hydrogen-bond acceptors (Lipinski definition) is 9. The predicted octanol–water partition coefficient (Wildman–Crippen LogP) is 1.31. The molecule has 2 amide bonds. The van der Waals surface area contributed by atoms with Crippen LogP contribution in [0.2, 0.25) is 0 Å². The summed E-state index contributed by atoms with van der Waals surface area (Å²) < 4.78 is 25.8. The van der Waals surface area contributed by atoms with E-state index in [1.807, 2.05) is 0 Å². The summed E-state index contributed by atoms with van der Waals surface area (Å²) in [6.45, 7) is -0.398. The van der Waals surface area contributed by atoms with E-state index in [-0.39, 0.29) is 39.7 Å². The van der Waals surface area contributed by atoms with E-state index in [4.69, 9.17) is 23.7 Å². The van der Waals surface area contributed by atoms with Crippen LogP contribution in [0.5, 0.6) is 28.7 Å². The van der Waals surface area contributed by atoms with Crippen molar-refractivity contribution in [3.63, 3.8) is 0 Å². The molecule has 12 nitrogen and oxygen atoms in total. The third-order valence-corrected chi connectivity index (χ3v) is 4.52. The second-order valence-corrected chi connectivity index (χ2v) is 6.46. The summed E-state index contributed by atoms with van der Waals surface area (Å²) in [4.78, 5) is 36.2. The van der Waals surface area contributed by atoms with E-state index in [1.165, 1.54) is 59.8 Å². The third-order valence-electron chi connectivity index (χ3n) is 4.52. The number of carboxylic acids is 1. The fraction of sp³-hybridized carbons (Fsp3) is 0.273. The minimum Gasteiger partial charge on any atom is -0.493 e. The van der Waals surface area contributed by atoms with Crippen LogP contribution in [0.1, 0.15) is 26.3 Å². The lowest BCUT2D eigenvalue weighted by atomic mass is 10.1. The molecular formula is C22H25N3O9. The highest BCUT2D eigenvalue weighted by Crippen LogP contribution is 2.38. The molecule has 2 aromatic rings. The standard InChI is InChI=1S/C22H25N3O9/c1-30-14-7-6-12(18(22(28)29)20(14)34-5)10-24-25-17(26)11-23-21(27)13-8-15(31-2)19(33-4)16(9-13)32-3/h6-10H,11H2,1-5H3,(H,23,27)(H,25,26)(H,28,29)/b24-10+. The summed E-state index contributed by atoms with van der Waals surface area (Å²) in [5, 5.41) is 15.7. The van der Waals surface area contributed by atoms with Crippen LogP contribution in [0.15, 0.2) is 29.4 Å². The Labute approximate surface area is 195 Å². The minimum absolute atomic E-state index is 0.0166. The zero-order valence-electron chi connectivity index (χ0n) is 19.3. The van der Waals surface area contributed by atoms with Crippen molar-refractivity contribution in [1.29, 1.82) is 0 Å². The van der Waals surface area contributed by atoms with Crippen molar-refractivity contribution in [2.45, 2.75) is 0 Å². The van der Waals surface area contributed by atoms with E-state index in [0.717, 1.165) is 6.21 Å². The highest BCUT2D eigenvalue weighted by molar-refractivity contribution is 6.02. The number of nitrogens with one attached hydrogen (secondary N) is 2. The first-order valence-corrected chi connectivity index (χ1v) is 9.69. The number of hydrazone groups is 1. The molecular weight excluding hydrogens is 450 g/mol. The van der Waals surface area contributed by atoms with E-state index >= 15 is 0 Å². The van der Waals surface area contributed by atoms with Crippen molar-refractivity contribution in [3.8, 4) is 28.7 Å². The molecule has 2 rings (SSSR count). The minimum atomic E-state index is -1.26. The fourth-order valence-corrected chi connectivity index (χ4v) is 2.96. The fourth-order valence-electron chi connectivity index (χ4n) is 2.96. The predicted molar refractivity (Wildman–Crippen MR) is 121 cm³/mol. The molecule has 0 aliphatic rings. The zero-order chi connectivity index (χ0) is 25.3. The number of rotatable bonds is 11. The molecule has 0 aliphatic heterocycles. The lowest BCUT2D eigenvalue weighted by molar-refractivity contribution is -0.120. The van der Waals surface area contributed by atoms with Crippen molar-refractivity contribution in [3.05, 3.63) is 41.0 Å². The second kappa shape index (κ2) is 11.9. The van der Waals surface area contributed by atoms with Crippen molar-refractivity contribution in [2.24, 2.45) is 5.10 Å². The average Bonchev–Trinajstić information content (AvgIpc) is 2.85. The van der Waals surface area contributed by atoms with Gasteiger partial charge in [-0.1, -0.05) is 0 Å². The van der Waals surface area contributed by atoms with E-state index in [9.17, 15) is 19.5 Å². The van der Waals surface area contributed by atoms with Gasteiger partial charge < -0.3 is 34.1 Å². The highest BCUT2D eigenvalue weighted by Gasteiger charge is 2.20. The zero-order valence-corrected chi connectivity index (χ0v) is 19.3. The Morgan fingerprint density at radius 1 is 0.882 bits per heavy atom. The summed E-state index contributed by atoms with van der Waals surface area (Å²) >= 11 is 0. The number of methoxy groups -OCH3 is 5. The van der Waals surface area contributed by atoms with Gasteiger partial charge in [-0.2, -0.15) is 5.10 Å². The van der Waals surface area contributed by atoms with E-state index in [0.29, 0.717) is 5.75 Å². The van der Waals surface area contributed by atoms with Gasteiger partial charge in [0.1, 0.15) is 5.56 Å². The van der Waals surface area contributed by atoms with Gasteiger partial charge in [0, 0.05) is 11.1 Å². The first-order chi connectivity index (χ1) is 16.3. The number of nitrogens with zero attached hydrogens (tertiary/aromatic N) is 1. The molecule has 0 saturated carbocycles. The number of aromatic carboxylic acids is 1. The Morgan fingerprint density at radius 2 is 1.47 bits per heavy atom. The first-order valence-electron chi connectivity index (χ1n) is 9.69. The number of carbonyl (C=O) groups is 3. The summed E-state index contributed by atoms with van der Waals surface area (Å²) in [6, 6.07) is 5.84. The first kappa shape index (κ1) is 25.8. The Bertz CT molecular complexity index is 1070. The van der Waals surface area contributed by atoms with Crippen LogP contribution >= 0.6 is 0 Å². The van der Waals surface area contributed by atoms with E-state index in [1.54, 1.807) is 0 Å². The van der Waals surface area contributed by atoms with Gasteiger partial charge in [0.05, 0.1) is 48.3 Å². The SMILES string of the molecule is COc1cc(C(=O)NCC(=O)N/N=C/c2ccc(OC)c(OC)c2C(=O)O)cc(OC)c1OC. The summed E-state index contributed by atoms with van der Waals surface area (Å²) in [6.07, 6.45) is 1.14. The molecule has 0 heterocycles. The molecule has 0 radical (unpaired) electrons. The van der Waals surface area contributed by atoms with Crippen molar-refractivity contribution < 1.29 is 43.2 Å². The van der Waals surface area contributed by atoms with Crippen LogP contribution in [0, 0.1) is 0 Å². The van der Waals surface area contributed by atoms with Crippen LogP contribution in [0.4, 0.5) is 0 Å². The van der Waals surface area contributed by atoms with Crippen molar-refractivity contribution >= 4 is 24.0 Å². The molecule has 182 valence electrons. The maximum absolute atomic E-state index is 12.5. The summed E-state index contributed by atoms with van der Waals surface area (Å²) in [5.74, 6) is -1.33. The molecule has 3 N–H and O–H groups in total. The van der Waals surface area contributed by atoms with E-state index in [2.05, 4.69) is 15.8 Å². The lowest BCUT2D eigenvalue weighted by Crippen LogP contribution is -2.35.